The van der Waals surface area contributed by atoms with Crippen molar-refractivity contribution in [3.05, 3.63) is 98.8 Å². The Bertz CT molecular complexity index is 982. The Morgan fingerprint density at radius 1 is 1.00 bits per heavy atom. The van der Waals surface area contributed by atoms with Crippen molar-refractivity contribution in [3.63, 3.8) is 0 Å². The fourth-order valence-electron chi connectivity index (χ4n) is 2.79. The minimum Gasteiger partial charge on any atom is -0.489 e. The molecule has 2 N–H and O–H groups in total. The highest BCUT2D eigenvalue weighted by molar-refractivity contribution is 6.30. The van der Waals surface area contributed by atoms with Crippen LogP contribution >= 0.6 is 11.6 Å². The Morgan fingerprint density at radius 3 is 2.43 bits per heavy atom. The first-order chi connectivity index (χ1) is 14.5. The number of rotatable bonds is 10. The Labute approximate surface area is 178 Å². The number of nitro benzene ring substituents is 1. The summed E-state index contributed by atoms with van der Waals surface area (Å²) in [6, 6.07) is 17.9. The van der Waals surface area contributed by atoms with E-state index in [2.05, 4.69) is 10.6 Å². The third-order valence-corrected chi connectivity index (χ3v) is 4.59. The normalized spacial score (nSPS) is 10.6. The van der Waals surface area contributed by atoms with Gasteiger partial charge in [-0.25, -0.2) is 4.39 Å². The molecule has 0 unspecified atom stereocenters. The van der Waals surface area contributed by atoms with Gasteiger partial charge in [0.1, 0.15) is 18.2 Å². The van der Waals surface area contributed by atoms with E-state index in [-0.39, 0.29) is 11.5 Å². The molecular formula is C22H21ClFN3O3. The molecule has 0 bridgehead atoms. The first-order valence-electron chi connectivity index (χ1n) is 9.36. The van der Waals surface area contributed by atoms with E-state index in [0.717, 1.165) is 16.8 Å². The van der Waals surface area contributed by atoms with Crippen LogP contribution in [-0.4, -0.2) is 18.0 Å². The minimum absolute atomic E-state index is 0.0628. The van der Waals surface area contributed by atoms with Gasteiger partial charge >= 0.3 is 0 Å². The lowest BCUT2D eigenvalue weighted by atomic mass is 10.2. The summed E-state index contributed by atoms with van der Waals surface area (Å²) < 4.78 is 18.9. The maximum Gasteiger partial charge on any atom is 0.269 e. The van der Waals surface area contributed by atoms with Gasteiger partial charge in [-0.3, -0.25) is 10.1 Å². The molecule has 0 saturated carbocycles. The second kappa shape index (κ2) is 10.6. The van der Waals surface area contributed by atoms with Gasteiger partial charge in [-0.2, -0.15) is 0 Å². The lowest BCUT2D eigenvalue weighted by molar-refractivity contribution is -0.384. The lowest BCUT2D eigenvalue weighted by Gasteiger charge is -2.13. The maximum atomic E-state index is 13.0. The third-order valence-electron chi connectivity index (χ3n) is 4.35. The van der Waals surface area contributed by atoms with E-state index >= 15 is 0 Å². The van der Waals surface area contributed by atoms with Gasteiger partial charge in [0.25, 0.3) is 5.69 Å². The molecule has 0 radical (unpaired) electrons. The lowest BCUT2D eigenvalue weighted by Crippen LogP contribution is -2.22. The molecular weight excluding hydrogens is 409 g/mol. The molecule has 0 saturated heterocycles. The van der Waals surface area contributed by atoms with E-state index < -0.39 is 4.92 Å². The standard InChI is InChI=1S/C22H21ClFN3O3/c23-18-3-10-22(30-15-16-1-4-19(24)5-2-16)17(13-18)14-25-11-12-26-20-6-8-21(9-7-20)27(28)29/h1-10,13,25-26H,11-12,14-15H2. The Morgan fingerprint density at radius 2 is 1.73 bits per heavy atom. The van der Waals surface area contributed by atoms with Crippen LogP contribution in [0.4, 0.5) is 15.8 Å². The zero-order valence-corrected chi connectivity index (χ0v) is 16.9. The zero-order chi connectivity index (χ0) is 21.3. The molecule has 0 amide bonds. The van der Waals surface area contributed by atoms with E-state index in [4.69, 9.17) is 16.3 Å². The predicted molar refractivity (Wildman–Crippen MR) is 115 cm³/mol. The summed E-state index contributed by atoms with van der Waals surface area (Å²) in [4.78, 5) is 10.3. The number of nitrogens with zero attached hydrogens (tertiary/aromatic N) is 1. The first kappa shape index (κ1) is 21.5. The van der Waals surface area contributed by atoms with E-state index in [9.17, 15) is 14.5 Å². The van der Waals surface area contributed by atoms with Crippen LogP contribution in [0.5, 0.6) is 5.75 Å². The van der Waals surface area contributed by atoms with E-state index in [1.165, 1.54) is 24.3 Å². The number of ether oxygens (including phenoxy) is 1. The largest absolute Gasteiger partial charge is 0.489 e. The summed E-state index contributed by atoms with van der Waals surface area (Å²) in [5.41, 5.74) is 2.67. The average Bonchev–Trinajstić information content (AvgIpc) is 2.74. The van der Waals surface area contributed by atoms with E-state index in [1.807, 2.05) is 12.1 Å². The van der Waals surface area contributed by atoms with Crippen molar-refractivity contribution in [2.24, 2.45) is 0 Å². The smallest absolute Gasteiger partial charge is 0.269 e. The van der Waals surface area contributed by atoms with Crippen molar-refractivity contribution < 1.29 is 14.1 Å². The van der Waals surface area contributed by atoms with Crippen LogP contribution in [0, 0.1) is 15.9 Å². The quantitative estimate of drug-likeness (QED) is 0.264. The Balaban J connectivity index is 1.47. The van der Waals surface area contributed by atoms with E-state index in [0.29, 0.717) is 37.0 Å². The van der Waals surface area contributed by atoms with Gasteiger partial charge in [0.15, 0.2) is 0 Å². The van der Waals surface area contributed by atoms with Crippen LogP contribution in [0.1, 0.15) is 11.1 Å². The highest BCUT2D eigenvalue weighted by atomic mass is 35.5. The van der Waals surface area contributed by atoms with Gasteiger partial charge in [-0.15, -0.1) is 0 Å². The molecule has 156 valence electrons. The number of halogens is 2. The van der Waals surface area contributed by atoms with Gasteiger partial charge in [0.05, 0.1) is 4.92 Å². The fourth-order valence-corrected chi connectivity index (χ4v) is 2.98. The van der Waals surface area contributed by atoms with Gasteiger partial charge < -0.3 is 15.4 Å². The molecule has 0 aliphatic rings. The first-order valence-corrected chi connectivity index (χ1v) is 9.74. The Hall–Kier alpha value is -3.16. The van der Waals surface area contributed by atoms with Crippen LogP contribution in [0.15, 0.2) is 66.7 Å². The molecule has 0 aliphatic carbocycles. The van der Waals surface area contributed by atoms with Crippen LogP contribution < -0.4 is 15.4 Å². The van der Waals surface area contributed by atoms with Crippen molar-refractivity contribution in [3.8, 4) is 5.75 Å². The maximum absolute atomic E-state index is 13.0. The number of nitrogens with one attached hydrogen (secondary N) is 2. The van der Waals surface area contributed by atoms with Crippen LogP contribution in [-0.2, 0) is 13.2 Å². The molecule has 0 aromatic heterocycles. The molecule has 0 heterocycles. The summed E-state index contributed by atoms with van der Waals surface area (Å²) in [6.07, 6.45) is 0. The number of anilines is 1. The molecule has 3 aromatic rings. The highest BCUT2D eigenvalue weighted by Gasteiger charge is 2.06. The third kappa shape index (κ3) is 6.43. The molecule has 30 heavy (non-hydrogen) atoms. The highest BCUT2D eigenvalue weighted by Crippen LogP contribution is 2.24. The number of non-ortho nitro benzene ring substituents is 1. The van der Waals surface area contributed by atoms with Gasteiger partial charge in [0, 0.05) is 48.0 Å². The summed E-state index contributed by atoms with van der Waals surface area (Å²) in [5.74, 6) is 0.428. The average molecular weight is 430 g/mol. The summed E-state index contributed by atoms with van der Waals surface area (Å²) in [5, 5.41) is 17.8. The van der Waals surface area contributed by atoms with Crippen LogP contribution in [0.3, 0.4) is 0 Å². The van der Waals surface area contributed by atoms with Crippen LogP contribution in [0.25, 0.3) is 0 Å². The second-order valence-corrected chi connectivity index (χ2v) is 7.01. The number of benzene rings is 3. The molecule has 0 aliphatic heterocycles. The number of hydrogen-bond acceptors (Lipinski definition) is 5. The fraction of sp³-hybridized carbons (Fsp3) is 0.182. The molecule has 3 aromatic carbocycles. The molecule has 0 atom stereocenters. The second-order valence-electron chi connectivity index (χ2n) is 6.57. The van der Waals surface area contributed by atoms with Crippen molar-refractivity contribution >= 4 is 23.0 Å². The summed E-state index contributed by atoms with van der Waals surface area (Å²) >= 11 is 6.12. The SMILES string of the molecule is O=[N+]([O-])c1ccc(NCCNCc2cc(Cl)ccc2OCc2ccc(F)cc2)cc1. The topological polar surface area (TPSA) is 76.4 Å². The Kier molecular flexibility index (Phi) is 7.59. The molecule has 8 heteroatoms. The minimum atomic E-state index is -0.425. The number of hydrogen-bond donors (Lipinski definition) is 2. The van der Waals surface area contributed by atoms with Crippen molar-refractivity contribution in [1.29, 1.82) is 0 Å². The molecule has 0 spiro atoms. The van der Waals surface area contributed by atoms with Crippen molar-refractivity contribution in [2.45, 2.75) is 13.2 Å². The van der Waals surface area contributed by atoms with E-state index in [1.54, 1.807) is 30.3 Å². The summed E-state index contributed by atoms with van der Waals surface area (Å²) in [7, 11) is 0. The van der Waals surface area contributed by atoms with Gasteiger partial charge in [-0.05, 0) is 48.0 Å². The van der Waals surface area contributed by atoms with Crippen molar-refractivity contribution in [2.75, 3.05) is 18.4 Å². The molecule has 0 fully saturated rings. The van der Waals surface area contributed by atoms with Crippen molar-refractivity contribution in [1.82, 2.24) is 5.32 Å². The van der Waals surface area contributed by atoms with Gasteiger partial charge in [0.2, 0.25) is 0 Å². The van der Waals surface area contributed by atoms with Gasteiger partial charge in [-0.1, -0.05) is 23.7 Å². The summed E-state index contributed by atoms with van der Waals surface area (Å²) in [6.45, 7) is 2.20. The number of nitro groups is 1. The predicted octanol–water partition coefficient (Wildman–Crippen LogP) is 5.17. The van der Waals surface area contributed by atoms with Crippen LogP contribution in [0.2, 0.25) is 5.02 Å². The molecule has 6 nitrogen and oxygen atoms in total. The molecule has 3 rings (SSSR count). The zero-order valence-electron chi connectivity index (χ0n) is 16.1. The monoisotopic (exact) mass is 429 g/mol.